The van der Waals surface area contributed by atoms with Gasteiger partial charge in [-0.15, -0.1) is 0 Å². The van der Waals surface area contributed by atoms with E-state index < -0.39 is 0 Å². The van der Waals surface area contributed by atoms with Gasteiger partial charge < -0.3 is 0 Å². The van der Waals surface area contributed by atoms with Gasteiger partial charge in [0.1, 0.15) is 0 Å². The van der Waals surface area contributed by atoms with Crippen molar-refractivity contribution in [3.05, 3.63) is 65.7 Å². The van der Waals surface area contributed by atoms with Gasteiger partial charge in [-0.1, -0.05) is 133 Å². The van der Waals surface area contributed by atoms with E-state index in [4.69, 9.17) is 0 Å². The first-order chi connectivity index (χ1) is 17.8. The maximum Gasteiger partial charge on any atom is -0.0162 e. The average molecular weight is 485 g/mol. The molecule has 2 aliphatic rings. The van der Waals surface area contributed by atoms with Crippen LogP contribution in [0.5, 0.6) is 0 Å². The number of hydrogen-bond acceptors (Lipinski definition) is 0. The second kappa shape index (κ2) is 14.8. The highest BCUT2D eigenvalue weighted by atomic mass is 14.3. The first-order valence-electron chi connectivity index (χ1n) is 15.7. The van der Waals surface area contributed by atoms with Crippen molar-refractivity contribution >= 4 is 5.57 Å². The third-order valence-electron chi connectivity index (χ3n) is 9.27. The Kier molecular flexibility index (Phi) is 11.2. The predicted octanol–water partition coefficient (Wildman–Crippen LogP) is 11.8. The molecule has 1 atom stereocenters. The van der Waals surface area contributed by atoms with E-state index >= 15 is 0 Å². The summed E-state index contributed by atoms with van der Waals surface area (Å²) in [7, 11) is 0. The molecule has 2 aromatic carbocycles. The lowest BCUT2D eigenvalue weighted by atomic mass is 9.77. The Morgan fingerprint density at radius 3 is 1.78 bits per heavy atom. The standard InChI is InChI=1S/C36H52/c1-3-5-7-8-9-10-12-30-15-19-32(20-16-30)34-23-27-36(28-24-34)35-25-21-33(22-26-35)31-17-13-29(14-18-31)11-6-4-2/h17,21-30,32H,3-16,18-20H2,1-2H3. The van der Waals surface area contributed by atoms with Gasteiger partial charge in [0.05, 0.1) is 0 Å². The summed E-state index contributed by atoms with van der Waals surface area (Å²) in [5.41, 5.74) is 7.28. The van der Waals surface area contributed by atoms with Crippen LogP contribution in [0.1, 0.15) is 140 Å². The highest BCUT2D eigenvalue weighted by molar-refractivity contribution is 5.71. The van der Waals surface area contributed by atoms with Crippen LogP contribution in [0.2, 0.25) is 0 Å². The summed E-state index contributed by atoms with van der Waals surface area (Å²) in [5.74, 6) is 2.69. The van der Waals surface area contributed by atoms with E-state index in [1.807, 2.05) is 0 Å². The first-order valence-corrected chi connectivity index (χ1v) is 15.7. The minimum absolute atomic E-state index is 0.779. The summed E-state index contributed by atoms with van der Waals surface area (Å²) in [4.78, 5) is 0. The van der Waals surface area contributed by atoms with E-state index in [9.17, 15) is 0 Å². The molecule has 0 heterocycles. The lowest BCUT2D eigenvalue weighted by molar-refractivity contribution is 0.302. The normalized spacial score (nSPS) is 22.4. The van der Waals surface area contributed by atoms with Crippen LogP contribution in [0.25, 0.3) is 16.7 Å². The van der Waals surface area contributed by atoms with Crippen molar-refractivity contribution in [2.75, 3.05) is 0 Å². The molecular weight excluding hydrogens is 432 g/mol. The van der Waals surface area contributed by atoms with E-state index in [0.717, 1.165) is 17.8 Å². The van der Waals surface area contributed by atoms with Gasteiger partial charge in [-0.2, -0.15) is 0 Å². The topological polar surface area (TPSA) is 0 Å². The average Bonchev–Trinajstić information content (AvgIpc) is 2.95. The molecule has 2 aliphatic carbocycles. The quantitative estimate of drug-likeness (QED) is 0.248. The lowest BCUT2D eigenvalue weighted by Crippen LogP contribution is -2.13. The zero-order valence-corrected chi connectivity index (χ0v) is 23.4. The van der Waals surface area contributed by atoms with E-state index in [2.05, 4.69) is 68.5 Å². The van der Waals surface area contributed by atoms with Gasteiger partial charge >= 0.3 is 0 Å². The Bertz CT molecular complexity index is 892. The Morgan fingerprint density at radius 2 is 1.14 bits per heavy atom. The van der Waals surface area contributed by atoms with Crippen LogP contribution < -0.4 is 0 Å². The molecule has 0 bridgehead atoms. The van der Waals surface area contributed by atoms with Gasteiger partial charge in [-0.3, -0.25) is 0 Å². The van der Waals surface area contributed by atoms with Crippen molar-refractivity contribution in [1.82, 2.24) is 0 Å². The SMILES string of the molecule is CCCCCCCCC1CCC(c2ccc(-c3ccc(C4=CCC(CCCC)CC4)cc3)cc2)CC1. The van der Waals surface area contributed by atoms with Crippen LogP contribution in [0.4, 0.5) is 0 Å². The maximum atomic E-state index is 2.52. The molecule has 36 heavy (non-hydrogen) atoms. The zero-order chi connectivity index (χ0) is 25.0. The molecular formula is C36H52. The van der Waals surface area contributed by atoms with Gasteiger partial charge in [0.15, 0.2) is 0 Å². The number of hydrogen-bond donors (Lipinski definition) is 0. The smallest absolute Gasteiger partial charge is 0.0162 e. The van der Waals surface area contributed by atoms with Crippen molar-refractivity contribution in [2.45, 2.75) is 129 Å². The summed E-state index contributed by atoms with van der Waals surface area (Å²) in [6.45, 7) is 4.61. The number of allylic oxidation sites excluding steroid dienone is 2. The molecule has 0 saturated heterocycles. The van der Waals surface area contributed by atoms with Crippen molar-refractivity contribution in [2.24, 2.45) is 11.8 Å². The van der Waals surface area contributed by atoms with Crippen molar-refractivity contribution in [3.63, 3.8) is 0 Å². The second-order valence-corrected chi connectivity index (χ2v) is 12.0. The van der Waals surface area contributed by atoms with Crippen molar-refractivity contribution < 1.29 is 0 Å². The second-order valence-electron chi connectivity index (χ2n) is 12.0. The molecule has 2 aromatic rings. The molecule has 0 heteroatoms. The third kappa shape index (κ3) is 8.09. The van der Waals surface area contributed by atoms with E-state index in [1.165, 1.54) is 126 Å². The lowest BCUT2D eigenvalue weighted by Gasteiger charge is -2.29. The van der Waals surface area contributed by atoms with Crippen LogP contribution >= 0.6 is 0 Å². The fourth-order valence-corrected chi connectivity index (χ4v) is 6.73. The molecule has 1 unspecified atom stereocenters. The van der Waals surface area contributed by atoms with Crippen molar-refractivity contribution in [3.8, 4) is 11.1 Å². The van der Waals surface area contributed by atoms with Gasteiger partial charge in [0, 0.05) is 0 Å². The monoisotopic (exact) mass is 484 g/mol. The molecule has 1 saturated carbocycles. The Hall–Kier alpha value is -1.82. The predicted molar refractivity (Wildman–Crippen MR) is 159 cm³/mol. The zero-order valence-electron chi connectivity index (χ0n) is 23.4. The van der Waals surface area contributed by atoms with E-state index in [-0.39, 0.29) is 0 Å². The summed E-state index contributed by atoms with van der Waals surface area (Å²) < 4.78 is 0. The van der Waals surface area contributed by atoms with Crippen molar-refractivity contribution in [1.29, 1.82) is 0 Å². The Labute approximate surface area is 223 Å². The summed E-state index contributed by atoms with van der Waals surface area (Å²) in [6, 6.07) is 18.9. The molecule has 0 aromatic heterocycles. The van der Waals surface area contributed by atoms with Gasteiger partial charge in [0.2, 0.25) is 0 Å². The Balaban J connectivity index is 1.23. The minimum atomic E-state index is 0.779. The highest BCUT2D eigenvalue weighted by Gasteiger charge is 2.22. The molecule has 0 amide bonds. The molecule has 196 valence electrons. The van der Waals surface area contributed by atoms with Crippen LogP contribution in [-0.4, -0.2) is 0 Å². The van der Waals surface area contributed by atoms with E-state index in [0.29, 0.717) is 0 Å². The molecule has 0 nitrogen and oxygen atoms in total. The molecule has 0 aliphatic heterocycles. The summed E-state index contributed by atoms with van der Waals surface area (Å²) >= 11 is 0. The first kappa shape index (κ1) is 27.2. The van der Waals surface area contributed by atoms with Crippen LogP contribution in [0.3, 0.4) is 0 Å². The molecule has 0 spiro atoms. The number of rotatable bonds is 13. The van der Waals surface area contributed by atoms with Crippen LogP contribution in [0, 0.1) is 11.8 Å². The Morgan fingerprint density at radius 1 is 0.556 bits per heavy atom. The maximum absolute atomic E-state index is 2.52. The third-order valence-corrected chi connectivity index (χ3v) is 9.27. The summed E-state index contributed by atoms with van der Waals surface area (Å²) in [5, 5.41) is 0. The largest absolute Gasteiger partial charge is 0.0804 e. The van der Waals surface area contributed by atoms with Gasteiger partial charge in [-0.25, -0.2) is 0 Å². The van der Waals surface area contributed by atoms with Gasteiger partial charge in [0.25, 0.3) is 0 Å². The molecule has 0 N–H and O–H groups in total. The molecule has 1 fully saturated rings. The summed E-state index contributed by atoms with van der Waals surface area (Å²) in [6.07, 6.45) is 26.3. The van der Waals surface area contributed by atoms with E-state index in [1.54, 1.807) is 11.1 Å². The fraction of sp³-hybridized carbons (Fsp3) is 0.611. The fourth-order valence-electron chi connectivity index (χ4n) is 6.73. The highest BCUT2D eigenvalue weighted by Crippen LogP contribution is 2.39. The molecule has 4 rings (SSSR count). The minimum Gasteiger partial charge on any atom is -0.0804 e. The van der Waals surface area contributed by atoms with Crippen LogP contribution in [-0.2, 0) is 0 Å². The molecule has 0 radical (unpaired) electrons. The van der Waals surface area contributed by atoms with Crippen LogP contribution in [0.15, 0.2) is 54.6 Å². The number of benzene rings is 2. The van der Waals surface area contributed by atoms with Gasteiger partial charge in [-0.05, 0) is 90.5 Å². The number of unbranched alkanes of at least 4 members (excludes halogenated alkanes) is 6.